The molecule has 2 heterocycles. The molecular formula is C21H26N4O6. The van der Waals surface area contributed by atoms with E-state index >= 15 is 0 Å². The molecule has 1 aromatic heterocycles. The molecule has 0 fully saturated rings. The van der Waals surface area contributed by atoms with Crippen LogP contribution in [0, 0.1) is 0 Å². The molecule has 10 heteroatoms. The number of esters is 1. The second-order valence-electron chi connectivity index (χ2n) is 7.15. The number of ether oxygens (including phenoxy) is 3. The van der Waals surface area contributed by atoms with Crippen molar-refractivity contribution in [2.24, 2.45) is 0 Å². The second-order valence-corrected chi connectivity index (χ2v) is 7.15. The third kappa shape index (κ3) is 4.24. The fourth-order valence-electron chi connectivity index (χ4n) is 3.48. The lowest BCUT2D eigenvalue weighted by atomic mass is 9.94. The van der Waals surface area contributed by atoms with E-state index in [9.17, 15) is 14.4 Å². The molecule has 1 N–H and O–H groups in total. The number of amides is 2. The number of hydrogen-bond acceptors (Lipinski definition) is 7. The Morgan fingerprint density at radius 3 is 2.55 bits per heavy atom. The Balaban J connectivity index is 2.04. The van der Waals surface area contributed by atoms with Gasteiger partial charge in [0.05, 0.1) is 26.9 Å². The standard InChI is InChI=1S/C21H26N4O6/c1-5-31-19(27)16-12-17-18(26)25(14-6-8-15(30-4)9-7-14)21(2,13-24(17)23-16)20(28)22-10-11-29-3/h6-9,12H,5,10-11,13H2,1-4H3,(H,22,28)/t21-/m0/s1. The number of fused-ring (bicyclic) bond motifs is 1. The summed E-state index contributed by atoms with van der Waals surface area (Å²) in [5, 5.41) is 7.02. The van der Waals surface area contributed by atoms with Gasteiger partial charge in [-0.2, -0.15) is 5.10 Å². The minimum Gasteiger partial charge on any atom is -0.497 e. The third-order valence-corrected chi connectivity index (χ3v) is 5.05. The van der Waals surface area contributed by atoms with E-state index < -0.39 is 17.4 Å². The summed E-state index contributed by atoms with van der Waals surface area (Å²) in [5.41, 5.74) is -0.574. The summed E-state index contributed by atoms with van der Waals surface area (Å²) in [5.74, 6) is -0.829. The molecule has 0 radical (unpaired) electrons. The Labute approximate surface area is 180 Å². The van der Waals surface area contributed by atoms with Gasteiger partial charge in [-0.1, -0.05) is 0 Å². The van der Waals surface area contributed by atoms with Crippen molar-refractivity contribution >= 4 is 23.5 Å². The number of carbonyl (C=O) groups excluding carboxylic acids is 3. The van der Waals surface area contributed by atoms with Gasteiger partial charge in [-0.15, -0.1) is 0 Å². The van der Waals surface area contributed by atoms with Gasteiger partial charge in [-0.25, -0.2) is 4.79 Å². The van der Waals surface area contributed by atoms with Gasteiger partial charge in [-0.05, 0) is 38.1 Å². The minimum absolute atomic E-state index is 0.0175. The van der Waals surface area contributed by atoms with Gasteiger partial charge in [-0.3, -0.25) is 19.2 Å². The molecule has 0 spiro atoms. The topological polar surface area (TPSA) is 112 Å². The number of benzene rings is 1. The van der Waals surface area contributed by atoms with E-state index in [4.69, 9.17) is 14.2 Å². The van der Waals surface area contributed by atoms with Gasteiger partial charge in [0, 0.05) is 25.4 Å². The Bertz CT molecular complexity index is 971. The van der Waals surface area contributed by atoms with Gasteiger partial charge in [0.2, 0.25) is 5.91 Å². The van der Waals surface area contributed by atoms with E-state index in [0.29, 0.717) is 18.0 Å². The Morgan fingerprint density at radius 2 is 1.94 bits per heavy atom. The number of aromatic nitrogens is 2. The van der Waals surface area contributed by atoms with Crippen molar-refractivity contribution in [3.8, 4) is 5.75 Å². The van der Waals surface area contributed by atoms with E-state index in [1.807, 2.05) is 0 Å². The first-order chi connectivity index (χ1) is 14.8. The number of anilines is 1. The van der Waals surface area contributed by atoms with Gasteiger partial charge in [0.15, 0.2) is 5.69 Å². The Morgan fingerprint density at radius 1 is 1.23 bits per heavy atom. The zero-order valence-corrected chi connectivity index (χ0v) is 18.0. The Hall–Kier alpha value is -3.40. The summed E-state index contributed by atoms with van der Waals surface area (Å²) in [6.07, 6.45) is 0. The zero-order valence-electron chi connectivity index (χ0n) is 18.0. The monoisotopic (exact) mass is 430 g/mol. The van der Waals surface area contributed by atoms with Crippen LogP contribution in [-0.4, -0.2) is 67.1 Å². The van der Waals surface area contributed by atoms with Crippen LogP contribution in [0.15, 0.2) is 30.3 Å². The van der Waals surface area contributed by atoms with E-state index in [-0.39, 0.29) is 37.0 Å². The number of hydrogen-bond donors (Lipinski definition) is 1. The molecule has 1 atom stereocenters. The molecule has 1 aliphatic rings. The highest BCUT2D eigenvalue weighted by molar-refractivity contribution is 6.12. The number of rotatable bonds is 8. The molecule has 3 rings (SSSR count). The predicted molar refractivity (Wildman–Crippen MR) is 111 cm³/mol. The van der Waals surface area contributed by atoms with E-state index in [1.54, 1.807) is 45.2 Å². The normalized spacial score (nSPS) is 17.8. The maximum atomic E-state index is 13.5. The summed E-state index contributed by atoms with van der Waals surface area (Å²) in [7, 11) is 3.08. The van der Waals surface area contributed by atoms with Crippen LogP contribution in [0.25, 0.3) is 0 Å². The molecule has 1 aromatic carbocycles. The van der Waals surface area contributed by atoms with Crippen LogP contribution < -0.4 is 15.0 Å². The van der Waals surface area contributed by atoms with Crippen molar-refractivity contribution in [2.75, 3.05) is 38.9 Å². The number of nitrogens with one attached hydrogen (secondary N) is 1. The fourth-order valence-corrected chi connectivity index (χ4v) is 3.48. The van der Waals surface area contributed by atoms with Gasteiger partial charge in [0.1, 0.15) is 17.0 Å². The van der Waals surface area contributed by atoms with Crippen LogP contribution >= 0.6 is 0 Å². The van der Waals surface area contributed by atoms with Crippen LogP contribution in [0.3, 0.4) is 0 Å². The van der Waals surface area contributed by atoms with Crippen molar-refractivity contribution < 1.29 is 28.6 Å². The average Bonchev–Trinajstić information content (AvgIpc) is 3.18. The summed E-state index contributed by atoms with van der Waals surface area (Å²) in [4.78, 5) is 40.2. The van der Waals surface area contributed by atoms with Crippen LogP contribution in [-0.2, 0) is 20.8 Å². The first kappa shape index (κ1) is 22.3. The molecular weight excluding hydrogens is 404 g/mol. The van der Waals surface area contributed by atoms with Crippen molar-refractivity contribution in [3.05, 3.63) is 41.7 Å². The van der Waals surface area contributed by atoms with E-state index in [2.05, 4.69) is 10.4 Å². The molecule has 0 saturated carbocycles. The van der Waals surface area contributed by atoms with E-state index in [1.165, 1.54) is 22.8 Å². The van der Waals surface area contributed by atoms with Crippen molar-refractivity contribution in [1.29, 1.82) is 0 Å². The number of methoxy groups -OCH3 is 2. The molecule has 31 heavy (non-hydrogen) atoms. The molecule has 0 aliphatic carbocycles. The molecule has 1 aliphatic heterocycles. The molecule has 2 amide bonds. The number of nitrogens with zero attached hydrogens (tertiary/aromatic N) is 3. The smallest absolute Gasteiger partial charge is 0.358 e. The highest BCUT2D eigenvalue weighted by Gasteiger charge is 2.49. The first-order valence-corrected chi connectivity index (χ1v) is 9.86. The van der Waals surface area contributed by atoms with Crippen molar-refractivity contribution in [1.82, 2.24) is 15.1 Å². The molecule has 0 saturated heterocycles. The van der Waals surface area contributed by atoms with Crippen molar-refractivity contribution in [3.63, 3.8) is 0 Å². The van der Waals surface area contributed by atoms with Crippen LogP contribution in [0.1, 0.15) is 34.8 Å². The predicted octanol–water partition coefficient (Wildman–Crippen LogP) is 1.25. The van der Waals surface area contributed by atoms with Crippen LogP contribution in [0.2, 0.25) is 0 Å². The molecule has 0 bridgehead atoms. The lowest BCUT2D eigenvalue weighted by Gasteiger charge is -2.43. The zero-order chi connectivity index (χ0) is 22.6. The largest absolute Gasteiger partial charge is 0.497 e. The summed E-state index contributed by atoms with van der Waals surface area (Å²) >= 11 is 0. The summed E-state index contributed by atoms with van der Waals surface area (Å²) < 4.78 is 16.6. The maximum Gasteiger partial charge on any atom is 0.358 e. The second kappa shape index (κ2) is 9.17. The SMILES string of the molecule is CCOC(=O)c1cc2n(n1)C[C@@](C)(C(=O)NCCOC)N(c1ccc(OC)cc1)C2=O. The minimum atomic E-state index is -1.30. The Kier molecular flexibility index (Phi) is 6.59. The lowest BCUT2D eigenvalue weighted by molar-refractivity contribution is -0.126. The summed E-state index contributed by atoms with van der Waals surface area (Å²) in [6, 6.07) is 8.22. The first-order valence-electron chi connectivity index (χ1n) is 9.86. The lowest BCUT2D eigenvalue weighted by Crippen LogP contribution is -2.64. The van der Waals surface area contributed by atoms with Crippen LogP contribution in [0.4, 0.5) is 5.69 Å². The number of carbonyl (C=O) groups is 3. The maximum absolute atomic E-state index is 13.5. The summed E-state index contributed by atoms with van der Waals surface area (Å²) in [6.45, 7) is 4.20. The average molecular weight is 430 g/mol. The van der Waals surface area contributed by atoms with Gasteiger partial charge < -0.3 is 19.5 Å². The quantitative estimate of drug-likeness (QED) is 0.495. The fraction of sp³-hybridized carbons (Fsp3) is 0.429. The van der Waals surface area contributed by atoms with Gasteiger partial charge >= 0.3 is 5.97 Å². The highest BCUT2D eigenvalue weighted by atomic mass is 16.5. The highest BCUT2D eigenvalue weighted by Crippen LogP contribution is 2.33. The van der Waals surface area contributed by atoms with Crippen LogP contribution in [0.5, 0.6) is 5.75 Å². The molecule has 0 unspecified atom stereocenters. The van der Waals surface area contributed by atoms with E-state index in [0.717, 1.165) is 0 Å². The van der Waals surface area contributed by atoms with Crippen molar-refractivity contribution in [2.45, 2.75) is 25.9 Å². The van der Waals surface area contributed by atoms with Gasteiger partial charge in [0.25, 0.3) is 5.91 Å². The molecule has 2 aromatic rings. The molecule has 10 nitrogen and oxygen atoms in total. The third-order valence-electron chi connectivity index (χ3n) is 5.05. The molecule has 166 valence electrons.